The number of hydrogen-bond acceptors (Lipinski definition) is 4. The zero-order chi connectivity index (χ0) is 16.3. The zero-order valence-corrected chi connectivity index (χ0v) is 13.5. The summed E-state index contributed by atoms with van der Waals surface area (Å²) in [6.07, 6.45) is 6.07. The minimum Gasteiger partial charge on any atom is -0.375 e. The number of aromatic nitrogens is 1. The van der Waals surface area contributed by atoms with E-state index in [0.717, 1.165) is 37.9 Å². The van der Waals surface area contributed by atoms with Crippen molar-refractivity contribution in [1.29, 1.82) is 0 Å². The lowest BCUT2D eigenvalue weighted by Crippen LogP contribution is -2.50. The van der Waals surface area contributed by atoms with Crippen LogP contribution in [0.4, 0.5) is 0 Å². The van der Waals surface area contributed by atoms with Crippen LogP contribution in [0.25, 0.3) is 0 Å². The van der Waals surface area contributed by atoms with Gasteiger partial charge in [0.15, 0.2) is 0 Å². The van der Waals surface area contributed by atoms with Crippen molar-refractivity contribution in [3.05, 3.63) is 30.1 Å². The highest BCUT2D eigenvalue weighted by Crippen LogP contribution is 2.40. The molecule has 1 atom stereocenters. The number of ether oxygens (including phenoxy) is 1. The molecule has 0 unspecified atom stereocenters. The summed E-state index contributed by atoms with van der Waals surface area (Å²) in [5, 5.41) is 0. The van der Waals surface area contributed by atoms with Crippen molar-refractivity contribution >= 4 is 11.8 Å². The maximum absolute atomic E-state index is 13.0. The van der Waals surface area contributed by atoms with E-state index in [-0.39, 0.29) is 18.4 Å². The first-order chi connectivity index (χ1) is 11.1. The first-order valence-corrected chi connectivity index (χ1v) is 8.10. The molecular formula is C17H23N3O3. The summed E-state index contributed by atoms with van der Waals surface area (Å²) in [6.45, 7) is 2.72. The Morgan fingerprint density at radius 2 is 2.09 bits per heavy atom. The molecule has 3 rings (SSSR count). The highest BCUT2D eigenvalue weighted by Gasteiger charge is 2.49. The van der Waals surface area contributed by atoms with Gasteiger partial charge in [-0.15, -0.1) is 0 Å². The first-order valence-electron chi connectivity index (χ1n) is 8.10. The monoisotopic (exact) mass is 317 g/mol. The third-order valence-corrected chi connectivity index (χ3v) is 4.92. The molecule has 1 aromatic heterocycles. The molecule has 23 heavy (non-hydrogen) atoms. The molecule has 0 aromatic carbocycles. The fraction of sp³-hybridized carbons (Fsp3) is 0.588. The van der Waals surface area contributed by atoms with Gasteiger partial charge in [0.05, 0.1) is 5.41 Å². The Bertz CT molecular complexity index is 578. The second-order valence-corrected chi connectivity index (χ2v) is 6.46. The van der Waals surface area contributed by atoms with Crippen LogP contribution in [0.5, 0.6) is 0 Å². The quantitative estimate of drug-likeness (QED) is 0.833. The summed E-state index contributed by atoms with van der Waals surface area (Å²) in [5.41, 5.74) is 0.697. The third kappa shape index (κ3) is 3.22. The molecule has 1 spiro atoms. The van der Waals surface area contributed by atoms with Crippen molar-refractivity contribution < 1.29 is 14.3 Å². The van der Waals surface area contributed by atoms with E-state index in [4.69, 9.17) is 4.74 Å². The Morgan fingerprint density at radius 1 is 1.30 bits per heavy atom. The van der Waals surface area contributed by atoms with Gasteiger partial charge in [-0.05, 0) is 37.0 Å². The normalized spacial score (nSPS) is 24.5. The lowest BCUT2D eigenvalue weighted by molar-refractivity contribution is -0.145. The summed E-state index contributed by atoms with van der Waals surface area (Å²) < 4.78 is 4.94. The first kappa shape index (κ1) is 15.9. The smallest absolute Gasteiger partial charge is 0.248 e. The van der Waals surface area contributed by atoms with Gasteiger partial charge in [0.1, 0.15) is 6.61 Å². The van der Waals surface area contributed by atoms with E-state index in [0.29, 0.717) is 13.1 Å². The van der Waals surface area contributed by atoms with Gasteiger partial charge in [-0.25, -0.2) is 0 Å². The summed E-state index contributed by atoms with van der Waals surface area (Å²) in [7, 11) is 1.52. The standard InChI is InChI=1S/C17H23N3O3/c1-23-12-15(21)20-9-2-5-17(13-20)6-10-19(16(17)22)11-14-3-7-18-8-4-14/h3-4,7-8H,2,5-6,9-13H2,1H3/t17-/m0/s1. The van der Waals surface area contributed by atoms with Crippen molar-refractivity contribution in [1.82, 2.24) is 14.8 Å². The second-order valence-electron chi connectivity index (χ2n) is 6.46. The molecule has 2 amide bonds. The molecule has 3 heterocycles. The Balaban J connectivity index is 1.68. The van der Waals surface area contributed by atoms with Crippen LogP contribution in [-0.2, 0) is 20.9 Å². The number of amides is 2. The molecule has 2 aliphatic rings. The Morgan fingerprint density at radius 3 is 2.83 bits per heavy atom. The minimum atomic E-state index is -0.394. The molecular weight excluding hydrogens is 294 g/mol. The van der Waals surface area contributed by atoms with E-state index in [1.165, 1.54) is 7.11 Å². The number of rotatable bonds is 4. The van der Waals surface area contributed by atoms with E-state index < -0.39 is 5.41 Å². The summed E-state index contributed by atoms with van der Waals surface area (Å²) in [6, 6.07) is 3.88. The van der Waals surface area contributed by atoms with Gasteiger partial charge in [-0.1, -0.05) is 0 Å². The number of piperidine rings is 1. The van der Waals surface area contributed by atoms with E-state index in [1.807, 2.05) is 17.0 Å². The number of methoxy groups -OCH3 is 1. The fourth-order valence-corrected chi connectivity index (χ4v) is 3.69. The van der Waals surface area contributed by atoms with Crippen LogP contribution in [-0.4, -0.2) is 59.9 Å². The lowest BCUT2D eigenvalue weighted by atomic mass is 9.78. The van der Waals surface area contributed by atoms with Crippen molar-refractivity contribution in [2.75, 3.05) is 33.4 Å². The second kappa shape index (κ2) is 6.66. The molecule has 0 bridgehead atoms. The van der Waals surface area contributed by atoms with E-state index in [9.17, 15) is 9.59 Å². The van der Waals surface area contributed by atoms with Crippen LogP contribution in [0.3, 0.4) is 0 Å². The predicted molar refractivity (Wildman–Crippen MR) is 84.4 cm³/mol. The molecule has 124 valence electrons. The van der Waals surface area contributed by atoms with Crippen LogP contribution in [0.1, 0.15) is 24.8 Å². The van der Waals surface area contributed by atoms with Gasteiger partial charge in [-0.2, -0.15) is 0 Å². The SMILES string of the molecule is COCC(=O)N1CCC[C@]2(CCN(Cc3ccncc3)C2=O)C1. The molecule has 0 aliphatic carbocycles. The molecule has 0 radical (unpaired) electrons. The molecule has 2 aliphatic heterocycles. The average Bonchev–Trinajstić information content (AvgIpc) is 2.86. The zero-order valence-electron chi connectivity index (χ0n) is 13.5. The largest absolute Gasteiger partial charge is 0.375 e. The number of pyridine rings is 1. The van der Waals surface area contributed by atoms with Crippen LogP contribution < -0.4 is 0 Å². The molecule has 1 aromatic rings. The molecule has 6 nitrogen and oxygen atoms in total. The Labute approximate surface area is 136 Å². The fourth-order valence-electron chi connectivity index (χ4n) is 3.69. The van der Waals surface area contributed by atoms with Crippen LogP contribution >= 0.6 is 0 Å². The van der Waals surface area contributed by atoms with Gasteiger partial charge in [0.25, 0.3) is 0 Å². The molecule has 2 saturated heterocycles. The van der Waals surface area contributed by atoms with Crippen LogP contribution in [0.2, 0.25) is 0 Å². The topological polar surface area (TPSA) is 62.7 Å². The third-order valence-electron chi connectivity index (χ3n) is 4.92. The number of hydrogen-bond donors (Lipinski definition) is 0. The Hall–Kier alpha value is -1.95. The Kier molecular flexibility index (Phi) is 4.61. The van der Waals surface area contributed by atoms with Gasteiger partial charge in [0.2, 0.25) is 11.8 Å². The molecule has 2 fully saturated rings. The molecule has 6 heteroatoms. The van der Waals surface area contributed by atoms with Crippen molar-refractivity contribution in [2.24, 2.45) is 5.41 Å². The predicted octanol–water partition coefficient (Wildman–Crippen LogP) is 1.07. The lowest BCUT2D eigenvalue weighted by Gasteiger charge is -2.39. The summed E-state index contributed by atoms with van der Waals surface area (Å²) in [5.74, 6) is 0.163. The van der Waals surface area contributed by atoms with E-state index in [1.54, 1.807) is 17.3 Å². The van der Waals surface area contributed by atoms with Crippen LogP contribution in [0.15, 0.2) is 24.5 Å². The number of likely N-dealkylation sites (tertiary alicyclic amines) is 2. The maximum Gasteiger partial charge on any atom is 0.248 e. The molecule has 0 N–H and O–H groups in total. The number of carbonyl (C=O) groups excluding carboxylic acids is 2. The molecule has 0 saturated carbocycles. The number of carbonyl (C=O) groups is 2. The average molecular weight is 317 g/mol. The van der Waals surface area contributed by atoms with Crippen LogP contribution in [0, 0.1) is 5.41 Å². The summed E-state index contributed by atoms with van der Waals surface area (Å²) >= 11 is 0. The van der Waals surface area contributed by atoms with Gasteiger partial charge >= 0.3 is 0 Å². The van der Waals surface area contributed by atoms with Gasteiger partial charge < -0.3 is 14.5 Å². The van der Waals surface area contributed by atoms with Gasteiger partial charge in [-0.3, -0.25) is 14.6 Å². The van der Waals surface area contributed by atoms with Gasteiger partial charge in [0, 0.05) is 45.7 Å². The van der Waals surface area contributed by atoms with Crippen molar-refractivity contribution in [3.63, 3.8) is 0 Å². The highest BCUT2D eigenvalue weighted by molar-refractivity contribution is 5.86. The highest BCUT2D eigenvalue weighted by atomic mass is 16.5. The van der Waals surface area contributed by atoms with E-state index >= 15 is 0 Å². The van der Waals surface area contributed by atoms with Crippen molar-refractivity contribution in [3.8, 4) is 0 Å². The summed E-state index contributed by atoms with van der Waals surface area (Å²) in [4.78, 5) is 32.8. The van der Waals surface area contributed by atoms with E-state index in [2.05, 4.69) is 4.98 Å². The maximum atomic E-state index is 13.0. The minimum absolute atomic E-state index is 0.0213. The number of nitrogens with zero attached hydrogens (tertiary/aromatic N) is 3. The van der Waals surface area contributed by atoms with Crippen molar-refractivity contribution in [2.45, 2.75) is 25.8 Å².